The molecule has 0 spiro atoms. The molecule has 0 aromatic carbocycles. The highest BCUT2D eigenvalue weighted by molar-refractivity contribution is 5.40. The van der Waals surface area contributed by atoms with E-state index in [0.717, 1.165) is 31.9 Å². The van der Waals surface area contributed by atoms with Crippen LogP contribution in [0, 0.1) is 0 Å². The van der Waals surface area contributed by atoms with Crippen LogP contribution in [0.25, 0.3) is 0 Å². The molecule has 1 saturated heterocycles. The van der Waals surface area contributed by atoms with Crippen molar-refractivity contribution in [3.63, 3.8) is 0 Å². The summed E-state index contributed by atoms with van der Waals surface area (Å²) < 4.78 is 38.2. The molecular formula is C14H20F3N3. The van der Waals surface area contributed by atoms with E-state index in [1.54, 1.807) is 6.07 Å². The van der Waals surface area contributed by atoms with Crippen molar-refractivity contribution < 1.29 is 13.2 Å². The van der Waals surface area contributed by atoms with Gasteiger partial charge < -0.3 is 10.2 Å². The van der Waals surface area contributed by atoms with E-state index < -0.39 is 11.9 Å². The number of hydrogen-bond donors (Lipinski definition) is 1. The Balaban J connectivity index is 2.15. The predicted octanol–water partition coefficient (Wildman–Crippen LogP) is 3.07. The van der Waals surface area contributed by atoms with Crippen molar-refractivity contribution in [2.45, 2.75) is 38.4 Å². The van der Waals surface area contributed by atoms with Gasteiger partial charge in [-0.05, 0) is 37.9 Å². The molecule has 1 unspecified atom stereocenters. The van der Waals surface area contributed by atoms with Crippen LogP contribution in [-0.4, -0.2) is 30.7 Å². The zero-order valence-electron chi connectivity index (χ0n) is 11.6. The van der Waals surface area contributed by atoms with Gasteiger partial charge in [0.1, 0.15) is 11.5 Å². The van der Waals surface area contributed by atoms with Crippen LogP contribution >= 0.6 is 0 Å². The first-order valence-electron chi connectivity index (χ1n) is 7.03. The quantitative estimate of drug-likeness (QED) is 0.902. The molecule has 20 heavy (non-hydrogen) atoms. The van der Waals surface area contributed by atoms with Crippen LogP contribution in [0.3, 0.4) is 0 Å². The Morgan fingerprint density at radius 2 is 2.20 bits per heavy atom. The molecule has 1 aromatic heterocycles. The standard InChI is InChI=1S/C14H20F3N3/c1-2-9-20(10-11-5-4-8-18-11)13-7-3-6-12(19-13)14(15,16)17/h3,6-7,11,18H,2,4-5,8-10H2,1H3. The summed E-state index contributed by atoms with van der Waals surface area (Å²) in [5.41, 5.74) is -0.824. The first-order chi connectivity index (χ1) is 9.50. The minimum absolute atomic E-state index is 0.345. The highest BCUT2D eigenvalue weighted by Crippen LogP contribution is 2.29. The number of halogens is 3. The van der Waals surface area contributed by atoms with Gasteiger partial charge in [-0.25, -0.2) is 4.98 Å². The zero-order valence-corrected chi connectivity index (χ0v) is 11.6. The molecule has 112 valence electrons. The molecule has 2 heterocycles. The fraction of sp³-hybridized carbons (Fsp3) is 0.643. The fourth-order valence-electron chi connectivity index (χ4n) is 2.51. The van der Waals surface area contributed by atoms with Crippen LogP contribution in [0.1, 0.15) is 31.9 Å². The van der Waals surface area contributed by atoms with Gasteiger partial charge in [-0.1, -0.05) is 13.0 Å². The number of anilines is 1. The van der Waals surface area contributed by atoms with Gasteiger partial charge >= 0.3 is 6.18 Å². The predicted molar refractivity (Wildman–Crippen MR) is 72.8 cm³/mol. The smallest absolute Gasteiger partial charge is 0.355 e. The van der Waals surface area contributed by atoms with Gasteiger partial charge in [0.2, 0.25) is 0 Å². The highest BCUT2D eigenvalue weighted by atomic mass is 19.4. The van der Waals surface area contributed by atoms with E-state index in [0.29, 0.717) is 24.9 Å². The second-order valence-electron chi connectivity index (χ2n) is 5.12. The molecular weight excluding hydrogens is 267 g/mol. The SMILES string of the molecule is CCCN(CC1CCCN1)c1cccc(C(F)(F)F)n1. The van der Waals surface area contributed by atoms with Crippen LogP contribution in [-0.2, 0) is 6.18 Å². The Hall–Kier alpha value is -1.30. The van der Waals surface area contributed by atoms with Gasteiger partial charge in [-0.15, -0.1) is 0 Å². The molecule has 1 N–H and O–H groups in total. The lowest BCUT2D eigenvalue weighted by atomic mass is 10.2. The Morgan fingerprint density at radius 1 is 1.40 bits per heavy atom. The second-order valence-corrected chi connectivity index (χ2v) is 5.12. The summed E-state index contributed by atoms with van der Waals surface area (Å²) in [7, 11) is 0. The second kappa shape index (κ2) is 6.43. The fourth-order valence-corrected chi connectivity index (χ4v) is 2.51. The third kappa shape index (κ3) is 3.85. The van der Waals surface area contributed by atoms with Gasteiger partial charge in [0.05, 0.1) is 0 Å². The number of hydrogen-bond acceptors (Lipinski definition) is 3. The number of pyridine rings is 1. The molecule has 1 aliphatic heterocycles. The minimum atomic E-state index is -4.39. The molecule has 6 heteroatoms. The normalized spacial score (nSPS) is 19.3. The Kier molecular flexibility index (Phi) is 4.86. The zero-order chi connectivity index (χ0) is 14.6. The monoisotopic (exact) mass is 287 g/mol. The maximum absolute atomic E-state index is 12.7. The molecule has 1 aromatic rings. The average molecular weight is 287 g/mol. The van der Waals surface area contributed by atoms with Gasteiger partial charge in [0, 0.05) is 19.1 Å². The summed E-state index contributed by atoms with van der Waals surface area (Å²) in [6.45, 7) is 4.43. The van der Waals surface area contributed by atoms with E-state index in [9.17, 15) is 13.2 Å². The highest BCUT2D eigenvalue weighted by Gasteiger charge is 2.33. The molecule has 0 aliphatic carbocycles. The van der Waals surface area contributed by atoms with Gasteiger partial charge in [0.15, 0.2) is 0 Å². The van der Waals surface area contributed by atoms with Crippen molar-refractivity contribution in [2.24, 2.45) is 0 Å². The lowest BCUT2D eigenvalue weighted by Crippen LogP contribution is -2.38. The topological polar surface area (TPSA) is 28.2 Å². The number of nitrogens with zero attached hydrogens (tertiary/aromatic N) is 2. The lowest BCUT2D eigenvalue weighted by Gasteiger charge is -2.27. The molecule has 2 rings (SSSR count). The lowest BCUT2D eigenvalue weighted by molar-refractivity contribution is -0.141. The van der Waals surface area contributed by atoms with Crippen molar-refractivity contribution in [3.05, 3.63) is 23.9 Å². The van der Waals surface area contributed by atoms with Gasteiger partial charge in [0.25, 0.3) is 0 Å². The third-order valence-electron chi connectivity index (χ3n) is 3.45. The van der Waals surface area contributed by atoms with Crippen molar-refractivity contribution in [1.82, 2.24) is 10.3 Å². The van der Waals surface area contributed by atoms with E-state index in [4.69, 9.17) is 0 Å². The van der Waals surface area contributed by atoms with E-state index >= 15 is 0 Å². The summed E-state index contributed by atoms with van der Waals surface area (Å²) in [4.78, 5) is 5.72. The molecule has 1 fully saturated rings. The Bertz CT molecular complexity index is 428. The number of rotatable bonds is 5. The van der Waals surface area contributed by atoms with E-state index in [2.05, 4.69) is 10.3 Å². The summed E-state index contributed by atoms with van der Waals surface area (Å²) in [6.07, 6.45) is -1.32. The van der Waals surface area contributed by atoms with Crippen molar-refractivity contribution in [2.75, 3.05) is 24.5 Å². The maximum Gasteiger partial charge on any atom is 0.433 e. The molecule has 0 radical (unpaired) electrons. The minimum Gasteiger partial charge on any atom is -0.355 e. The van der Waals surface area contributed by atoms with Crippen LogP contribution in [0.4, 0.5) is 19.0 Å². The molecule has 1 atom stereocenters. The molecule has 0 amide bonds. The molecule has 3 nitrogen and oxygen atoms in total. The molecule has 1 aliphatic rings. The number of alkyl halides is 3. The van der Waals surface area contributed by atoms with Crippen molar-refractivity contribution >= 4 is 5.82 Å². The summed E-state index contributed by atoms with van der Waals surface area (Å²) in [5.74, 6) is 0.412. The van der Waals surface area contributed by atoms with Crippen LogP contribution in [0.5, 0.6) is 0 Å². The summed E-state index contributed by atoms with van der Waals surface area (Å²) in [5, 5.41) is 3.37. The summed E-state index contributed by atoms with van der Waals surface area (Å²) in [6, 6.07) is 4.44. The number of nitrogens with one attached hydrogen (secondary N) is 1. The van der Waals surface area contributed by atoms with E-state index in [1.165, 1.54) is 6.07 Å². The van der Waals surface area contributed by atoms with Gasteiger partial charge in [-0.2, -0.15) is 13.2 Å². The van der Waals surface area contributed by atoms with Crippen LogP contribution < -0.4 is 10.2 Å². The van der Waals surface area contributed by atoms with Crippen LogP contribution in [0.2, 0.25) is 0 Å². The largest absolute Gasteiger partial charge is 0.433 e. The first kappa shape index (κ1) is 15.1. The van der Waals surface area contributed by atoms with E-state index in [-0.39, 0.29) is 0 Å². The third-order valence-corrected chi connectivity index (χ3v) is 3.45. The first-order valence-corrected chi connectivity index (χ1v) is 7.03. The van der Waals surface area contributed by atoms with Crippen LogP contribution in [0.15, 0.2) is 18.2 Å². The average Bonchev–Trinajstić information content (AvgIpc) is 2.90. The van der Waals surface area contributed by atoms with Crippen molar-refractivity contribution in [1.29, 1.82) is 0 Å². The maximum atomic E-state index is 12.7. The number of aromatic nitrogens is 1. The Morgan fingerprint density at radius 3 is 2.80 bits per heavy atom. The van der Waals surface area contributed by atoms with Gasteiger partial charge in [-0.3, -0.25) is 0 Å². The molecule has 0 saturated carbocycles. The van der Waals surface area contributed by atoms with Crippen molar-refractivity contribution in [3.8, 4) is 0 Å². The Labute approximate surface area is 117 Å². The molecule has 0 bridgehead atoms. The summed E-state index contributed by atoms with van der Waals surface area (Å²) >= 11 is 0. The van der Waals surface area contributed by atoms with E-state index in [1.807, 2.05) is 11.8 Å².